The Kier molecular flexibility index (Phi) is 5.22. The summed E-state index contributed by atoms with van der Waals surface area (Å²) in [6.45, 7) is 1.38. The van der Waals surface area contributed by atoms with Gasteiger partial charge in [-0.25, -0.2) is 9.37 Å². The zero-order chi connectivity index (χ0) is 18.1. The Morgan fingerprint density at radius 3 is 2.96 bits per heavy atom. The predicted octanol–water partition coefficient (Wildman–Crippen LogP) is 5.67. The molecule has 9 heteroatoms. The van der Waals surface area contributed by atoms with Crippen LogP contribution in [0.25, 0.3) is 0 Å². The number of hydrogen-bond donors (Lipinski definition) is 1. The summed E-state index contributed by atoms with van der Waals surface area (Å²) in [7, 11) is 0. The van der Waals surface area contributed by atoms with Crippen LogP contribution in [0.1, 0.15) is 11.1 Å². The number of hydrogen-bond acceptors (Lipinski definition) is 6. The van der Waals surface area contributed by atoms with Gasteiger partial charge >= 0.3 is 0 Å². The van der Waals surface area contributed by atoms with Crippen molar-refractivity contribution in [2.75, 3.05) is 16.2 Å². The molecule has 2 aromatic carbocycles. The van der Waals surface area contributed by atoms with Crippen molar-refractivity contribution < 1.29 is 4.39 Å². The Balaban J connectivity index is 1.52. The van der Waals surface area contributed by atoms with E-state index in [1.165, 1.54) is 23.9 Å². The fraction of sp³-hybridized carbons (Fsp3) is 0.176. The van der Waals surface area contributed by atoms with E-state index in [1.54, 1.807) is 6.07 Å². The Morgan fingerprint density at radius 1 is 1.27 bits per heavy atom. The maximum Gasteiger partial charge on any atom is 0.212 e. The minimum absolute atomic E-state index is 0.322. The molecule has 134 valence electrons. The van der Waals surface area contributed by atoms with Gasteiger partial charge in [-0.05, 0) is 53.8 Å². The fourth-order valence-corrected chi connectivity index (χ4v) is 4.61. The molecule has 0 bridgehead atoms. The Hall–Kier alpha value is -1.54. The number of fused-ring (bicyclic) bond motifs is 1. The first-order chi connectivity index (χ1) is 12.6. The second-order valence-corrected chi connectivity index (χ2v) is 8.18. The topological polar surface area (TPSA) is 41.0 Å². The van der Waals surface area contributed by atoms with Gasteiger partial charge in [0, 0.05) is 40.4 Å². The van der Waals surface area contributed by atoms with Gasteiger partial charge in [0.25, 0.3) is 0 Å². The molecule has 0 amide bonds. The van der Waals surface area contributed by atoms with Crippen LogP contribution in [0.4, 0.5) is 15.2 Å². The first-order valence-electron chi connectivity index (χ1n) is 7.81. The van der Waals surface area contributed by atoms with Gasteiger partial charge in [0.2, 0.25) is 5.13 Å². The quantitative estimate of drug-likeness (QED) is 0.532. The van der Waals surface area contributed by atoms with E-state index in [4.69, 9.17) is 23.2 Å². The van der Waals surface area contributed by atoms with Crippen LogP contribution < -0.4 is 9.62 Å². The van der Waals surface area contributed by atoms with E-state index < -0.39 is 0 Å². The van der Waals surface area contributed by atoms with Crippen LogP contribution in [0, 0.1) is 5.82 Å². The molecule has 2 heterocycles. The van der Waals surface area contributed by atoms with Crippen LogP contribution in [0.3, 0.4) is 0 Å². The molecule has 0 atom stereocenters. The summed E-state index contributed by atoms with van der Waals surface area (Å²) < 4.78 is 21.4. The zero-order valence-corrected chi connectivity index (χ0v) is 16.5. The maximum atomic E-state index is 14.5. The molecule has 0 unspecified atom stereocenters. The molecule has 0 saturated heterocycles. The molecule has 1 aliphatic heterocycles. The number of aromatic nitrogens is 2. The van der Waals surface area contributed by atoms with E-state index in [0.717, 1.165) is 46.8 Å². The maximum absolute atomic E-state index is 14.5. The van der Waals surface area contributed by atoms with Gasteiger partial charge in [0.1, 0.15) is 12.1 Å². The third-order valence-corrected chi connectivity index (χ3v) is 6.38. The van der Waals surface area contributed by atoms with Crippen LogP contribution in [0.15, 0.2) is 41.6 Å². The van der Waals surface area contributed by atoms with Gasteiger partial charge < -0.3 is 9.62 Å². The van der Waals surface area contributed by atoms with Crippen LogP contribution >= 0.6 is 46.7 Å². The lowest BCUT2D eigenvalue weighted by Gasteiger charge is -2.20. The van der Waals surface area contributed by atoms with Gasteiger partial charge in [-0.2, -0.15) is 4.37 Å². The number of halogens is 3. The van der Waals surface area contributed by atoms with E-state index in [-0.39, 0.29) is 5.82 Å². The van der Waals surface area contributed by atoms with Crippen LogP contribution in [0.2, 0.25) is 10.0 Å². The number of nitrogens with zero attached hydrogens (tertiary/aromatic N) is 3. The highest BCUT2D eigenvalue weighted by atomic mass is 35.5. The first-order valence-corrected chi connectivity index (χ1v) is 10.2. The third kappa shape index (κ3) is 3.62. The molecule has 0 spiro atoms. The standard InChI is InChI=1S/C17H13Cl2FN4S2/c18-12-2-1-3-15-11(12)4-5-24(15)8-10-6-14(20)16(7-13(10)19)25-23-17-21-9-22-26-17/h1-3,6-7,9H,4-5,8H2,(H,21,22,23). The molecule has 4 nitrogen and oxygen atoms in total. The molecule has 0 saturated carbocycles. The van der Waals surface area contributed by atoms with Crippen molar-refractivity contribution in [3.8, 4) is 0 Å². The molecule has 1 N–H and O–H groups in total. The molecule has 0 aliphatic carbocycles. The lowest BCUT2D eigenvalue weighted by molar-refractivity contribution is 0.599. The van der Waals surface area contributed by atoms with E-state index in [1.807, 2.05) is 18.2 Å². The number of anilines is 2. The highest BCUT2D eigenvalue weighted by Gasteiger charge is 2.22. The van der Waals surface area contributed by atoms with E-state index in [2.05, 4.69) is 19.0 Å². The Bertz CT molecular complexity index is 937. The van der Waals surface area contributed by atoms with Crippen LogP contribution in [0.5, 0.6) is 0 Å². The first kappa shape index (κ1) is 17.9. The Labute approximate surface area is 168 Å². The van der Waals surface area contributed by atoms with E-state index in [0.29, 0.717) is 21.6 Å². The van der Waals surface area contributed by atoms with Crippen molar-refractivity contribution in [1.82, 2.24) is 9.36 Å². The molecular formula is C17H13Cl2FN4S2. The molecule has 4 rings (SSSR count). The Morgan fingerprint density at radius 2 is 2.15 bits per heavy atom. The third-order valence-electron chi connectivity index (χ3n) is 4.14. The second kappa shape index (κ2) is 7.60. The van der Waals surface area contributed by atoms with Crippen LogP contribution in [-0.4, -0.2) is 15.9 Å². The van der Waals surface area contributed by atoms with E-state index in [9.17, 15) is 4.39 Å². The van der Waals surface area contributed by atoms with Crippen molar-refractivity contribution in [3.63, 3.8) is 0 Å². The number of nitrogens with one attached hydrogen (secondary N) is 1. The summed E-state index contributed by atoms with van der Waals surface area (Å²) in [5, 5.41) is 1.92. The van der Waals surface area contributed by atoms with Gasteiger partial charge in [0.05, 0.1) is 4.90 Å². The molecule has 3 aromatic rings. The van der Waals surface area contributed by atoms with Crippen molar-refractivity contribution in [3.05, 3.63) is 63.6 Å². The average Bonchev–Trinajstić information content (AvgIpc) is 3.27. The molecule has 1 aliphatic rings. The zero-order valence-electron chi connectivity index (χ0n) is 13.4. The van der Waals surface area contributed by atoms with Crippen molar-refractivity contribution in [2.45, 2.75) is 17.9 Å². The molecule has 26 heavy (non-hydrogen) atoms. The lowest BCUT2D eigenvalue weighted by Crippen LogP contribution is -2.20. The summed E-state index contributed by atoms with van der Waals surface area (Å²) >= 11 is 15.0. The second-order valence-electron chi connectivity index (χ2n) is 5.73. The van der Waals surface area contributed by atoms with Crippen molar-refractivity contribution >= 4 is 57.5 Å². The SMILES string of the molecule is Fc1cc(CN2CCc3c(Cl)cccc32)c(Cl)cc1SNc1ncns1. The minimum Gasteiger partial charge on any atom is -0.367 e. The normalized spacial score (nSPS) is 13.1. The highest BCUT2D eigenvalue weighted by Crippen LogP contribution is 2.36. The summed E-state index contributed by atoms with van der Waals surface area (Å²) in [5.74, 6) is -0.322. The summed E-state index contributed by atoms with van der Waals surface area (Å²) in [6.07, 6.45) is 2.33. The van der Waals surface area contributed by atoms with E-state index >= 15 is 0 Å². The predicted molar refractivity (Wildman–Crippen MR) is 107 cm³/mol. The van der Waals surface area contributed by atoms with Gasteiger partial charge in [-0.15, -0.1) is 0 Å². The molecule has 1 aromatic heterocycles. The summed E-state index contributed by atoms with van der Waals surface area (Å²) in [5.41, 5.74) is 2.97. The largest absolute Gasteiger partial charge is 0.367 e. The summed E-state index contributed by atoms with van der Waals surface area (Å²) in [6, 6.07) is 9.00. The van der Waals surface area contributed by atoms with Crippen molar-refractivity contribution in [2.24, 2.45) is 0 Å². The van der Waals surface area contributed by atoms with Gasteiger partial charge in [-0.1, -0.05) is 29.3 Å². The fourth-order valence-electron chi connectivity index (χ4n) is 2.91. The lowest BCUT2D eigenvalue weighted by atomic mass is 10.1. The molecule has 0 radical (unpaired) electrons. The summed E-state index contributed by atoms with van der Waals surface area (Å²) in [4.78, 5) is 6.59. The number of benzene rings is 2. The molecule has 0 fully saturated rings. The average molecular weight is 427 g/mol. The van der Waals surface area contributed by atoms with Gasteiger partial charge in [-0.3, -0.25) is 0 Å². The van der Waals surface area contributed by atoms with Crippen LogP contribution in [-0.2, 0) is 13.0 Å². The van der Waals surface area contributed by atoms with Crippen molar-refractivity contribution in [1.29, 1.82) is 0 Å². The minimum atomic E-state index is -0.322. The number of rotatable bonds is 5. The monoisotopic (exact) mass is 426 g/mol. The molecular weight excluding hydrogens is 414 g/mol. The highest BCUT2D eigenvalue weighted by molar-refractivity contribution is 8.00. The smallest absolute Gasteiger partial charge is 0.212 e. The van der Waals surface area contributed by atoms with Gasteiger partial charge in [0.15, 0.2) is 0 Å².